The largest absolute Gasteiger partial charge is 0.310 e. The minimum atomic E-state index is 1.12. The molecule has 0 aliphatic heterocycles. The van der Waals surface area contributed by atoms with Crippen LogP contribution in [-0.2, 0) is 0 Å². The molecule has 0 bridgehead atoms. The minimum Gasteiger partial charge on any atom is -0.310 e. The molecule has 9 aromatic rings. The average Bonchev–Trinajstić information content (AvgIpc) is 3.19. The first-order valence-corrected chi connectivity index (χ1v) is 16.8. The van der Waals surface area contributed by atoms with Gasteiger partial charge in [0.05, 0.1) is 0 Å². The van der Waals surface area contributed by atoms with E-state index in [9.17, 15) is 0 Å². The zero-order valence-corrected chi connectivity index (χ0v) is 27.0. The number of hydrogen-bond donors (Lipinski definition) is 0. The Morgan fingerprint density at radius 2 is 0.796 bits per heavy atom. The quantitative estimate of drug-likeness (QED) is 0.167. The molecule has 1 nitrogen and oxygen atoms in total. The van der Waals surface area contributed by atoms with E-state index in [1.165, 1.54) is 65.7 Å². The van der Waals surface area contributed by atoms with Gasteiger partial charge in [-0.25, -0.2) is 0 Å². The maximum Gasteiger partial charge on any atom is 0.0467 e. The molecule has 1 heteroatoms. The normalized spacial score (nSPS) is 11.3. The van der Waals surface area contributed by atoms with Gasteiger partial charge in [0.2, 0.25) is 0 Å². The summed E-state index contributed by atoms with van der Waals surface area (Å²) < 4.78 is 0. The maximum absolute atomic E-state index is 2.33. The summed E-state index contributed by atoms with van der Waals surface area (Å²) in [7, 11) is 0. The van der Waals surface area contributed by atoms with E-state index < -0.39 is 0 Å². The molecule has 9 aromatic carbocycles. The number of rotatable bonds is 6. The Morgan fingerprint density at radius 3 is 1.61 bits per heavy atom. The molecule has 230 valence electrons. The zero-order chi connectivity index (χ0) is 32.6. The highest BCUT2D eigenvalue weighted by molar-refractivity contribution is 6.22. The van der Waals surface area contributed by atoms with Crippen LogP contribution in [0.5, 0.6) is 0 Å². The molecular formula is C48H33N. The number of fused-ring (bicyclic) bond motifs is 5. The molecule has 0 saturated carbocycles. The molecule has 0 aliphatic carbocycles. The van der Waals surface area contributed by atoms with E-state index in [1.54, 1.807) is 0 Å². The first-order chi connectivity index (χ1) is 24.3. The zero-order valence-electron chi connectivity index (χ0n) is 27.0. The predicted molar refractivity (Wildman–Crippen MR) is 210 cm³/mol. The van der Waals surface area contributed by atoms with E-state index in [0.717, 1.165) is 17.1 Å². The summed E-state index contributed by atoms with van der Waals surface area (Å²) >= 11 is 0. The van der Waals surface area contributed by atoms with Crippen LogP contribution in [0.1, 0.15) is 0 Å². The first-order valence-electron chi connectivity index (χ1n) is 16.8. The monoisotopic (exact) mass is 623 g/mol. The Bertz CT molecular complexity index is 2570. The van der Waals surface area contributed by atoms with Gasteiger partial charge in [0, 0.05) is 17.1 Å². The molecule has 0 spiro atoms. The second-order valence-corrected chi connectivity index (χ2v) is 12.6. The molecule has 0 N–H and O–H groups in total. The minimum absolute atomic E-state index is 1.12. The standard InChI is InChI=1S/C48H33N/c1-3-11-34(12-4-1)35-27-30-42(31-28-35)49(41-15-5-2-6-16-41)43-17-9-14-40(33-43)36-21-23-38(24-22-36)44-19-10-20-47-46(44)32-29-39-26-25-37-13-7-8-18-45(37)48(39)47/h1-33H. The fourth-order valence-corrected chi connectivity index (χ4v) is 7.24. The average molecular weight is 624 g/mol. The molecule has 49 heavy (non-hydrogen) atoms. The lowest BCUT2D eigenvalue weighted by atomic mass is 9.91. The third-order valence-electron chi connectivity index (χ3n) is 9.65. The van der Waals surface area contributed by atoms with E-state index in [-0.39, 0.29) is 0 Å². The molecule has 0 aromatic heterocycles. The molecule has 0 amide bonds. The Labute approximate surface area is 287 Å². The smallest absolute Gasteiger partial charge is 0.0467 e. The van der Waals surface area contributed by atoms with Gasteiger partial charge in [-0.15, -0.1) is 0 Å². The fourth-order valence-electron chi connectivity index (χ4n) is 7.24. The van der Waals surface area contributed by atoms with Crippen molar-refractivity contribution in [3.63, 3.8) is 0 Å². The topological polar surface area (TPSA) is 3.24 Å². The summed E-state index contributed by atoms with van der Waals surface area (Å²) in [6, 6.07) is 72.3. The van der Waals surface area contributed by atoms with Crippen LogP contribution in [0.3, 0.4) is 0 Å². The molecule has 0 fully saturated rings. The number of para-hydroxylation sites is 1. The van der Waals surface area contributed by atoms with Gasteiger partial charge in [0.15, 0.2) is 0 Å². The molecule has 0 unspecified atom stereocenters. The maximum atomic E-state index is 2.33. The van der Waals surface area contributed by atoms with Crippen molar-refractivity contribution in [1.29, 1.82) is 0 Å². The van der Waals surface area contributed by atoms with Crippen molar-refractivity contribution >= 4 is 49.4 Å². The third kappa shape index (κ3) is 5.32. The molecular weight excluding hydrogens is 591 g/mol. The number of benzene rings is 9. The first kappa shape index (κ1) is 28.8. The number of nitrogens with zero attached hydrogens (tertiary/aromatic N) is 1. The van der Waals surface area contributed by atoms with E-state index in [2.05, 4.69) is 205 Å². The third-order valence-corrected chi connectivity index (χ3v) is 9.65. The second-order valence-electron chi connectivity index (χ2n) is 12.6. The van der Waals surface area contributed by atoms with E-state index in [4.69, 9.17) is 0 Å². The van der Waals surface area contributed by atoms with Crippen molar-refractivity contribution in [3.05, 3.63) is 200 Å². The molecule has 0 radical (unpaired) electrons. The Balaban J connectivity index is 1.08. The van der Waals surface area contributed by atoms with E-state index in [1.807, 2.05) is 0 Å². The van der Waals surface area contributed by atoms with E-state index >= 15 is 0 Å². The summed E-state index contributed by atoms with van der Waals surface area (Å²) in [4.78, 5) is 2.33. The van der Waals surface area contributed by atoms with Gasteiger partial charge in [-0.1, -0.05) is 164 Å². The van der Waals surface area contributed by atoms with Crippen molar-refractivity contribution in [2.45, 2.75) is 0 Å². The van der Waals surface area contributed by atoms with Crippen molar-refractivity contribution in [2.75, 3.05) is 4.90 Å². The van der Waals surface area contributed by atoms with Gasteiger partial charge in [-0.2, -0.15) is 0 Å². The summed E-state index contributed by atoms with van der Waals surface area (Å²) in [6.07, 6.45) is 0. The van der Waals surface area contributed by atoms with Crippen molar-refractivity contribution in [2.24, 2.45) is 0 Å². The lowest BCUT2D eigenvalue weighted by Crippen LogP contribution is -2.09. The number of anilines is 3. The molecule has 9 rings (SSSR count). The molecule has 0 heterocycles. The molecule has 0 atom stereocenters. The summed E-state index contributed by atoms with van der Waals surface area (Å²) in [5.74, 6) is 0. The fraction of sp³-hybridized carbons (Fsp3) is 0. The summed E-state index contributed by atoms with van der Waals surface area (Å²) in [5, 5.41) is 7.74. The van der Waals surface area contributed by atoms with Gasteiger partial charge in [0.1, 0.15) is 0 Å². The van der Waals surface area contributed by atoms with Gasteiger partial charge >= 0.3 is 0 Å². The predicted octanol–water partition coefficient (Wildman–Crippen LogP) is 13.6. The van der Waals surface area contributed by atoms with Crippen molar-refractivity contribution in [1.82, 2.24) is 0 Å². The van der Waals surface area contributed by atoms with Crippen LogP contribution >= 0.6 is 0 Å². The van der Waals surface area contributed by atoms with Crippen LogP contribution in [0.4, 0.5) is 17.1 Å². The van der Waals surface area contributed by atoms with Gasteiger partial charge in [-0.05, 0) is 102 Å². The molecule has 0 aliphatic rings. The van der Waals surface area contributed by atoms with Gasteiger partial charge in [0.25, 0.3) is 0 Å². The Hall–Kier alpha value is -6.44. The van der Waals surface area contributed by atoms with Crippen LogP contribution < -0.4 is 4.90 Å². The van der Waals surface area contributed by atoms with Crippen LogP contribution in [0.25, 0.3) is 65.7 Å². The van der Waals surface area contributed by atoms with Crippen LogP contribution in [0.15, 0.2) is 200 Å². The Kier molecular flexibility index (Phi) is 7.22. The highest BCUT2D eigenvalue weighted by atomic mass is 15.1. The number of hydrogen-bond acceptors (Lipinski definition) is 1. The second kappa shape index (κ2) is 12.3. The van der Waals surface area contributed by atoms with Crippen LogP contribution in [0.2, 0.25) is 0 Å². The molecule has 0 saturated heterocycles. The van der Waals surface area contributed by atoms with Crippen molar-refractivity contribution in [3.8, 4) is 33.4 Å². The summed E-state index contributed by atoms with van der Waals surface area (Å²) in [5.41, 5.74) is 10.6. The lowest BCUT2D eigenvalue weighted by molar-refractivity contribution is 1.28. The lowest BCUT2D eigenvalue weighted by Gasteiger charge is -2.26. The SMILES string of the molecule is c1ccc(-c2ccc(N(c3ccccc3)c3cccc(-c4ccc(-c5cccc6c5ccc5ccc7ccccc7c56)cc4)c3)cc2)cc1. The highest BCUT2D eigenvalue weighted by Crippen LogP contribution is 2.39. The van der Waals surface area contributed by atoms with Gasteiger partial charge < -0.3 is 4.90 Å². The summed E-state index contributed by atoms with van der Waals surface area (Å²) in [6.45, 7) is 0. The van der Waals surface area contributed by atoms with Gasteiger partial charge in [-0.3, -0.25) is 0 Å². The Morgan fingerprint density at radius 1 is 0.265 bits per heavy atom. The van der Waals surface area contributed by atoms with Crippen molar-refractivity contribution < 1.29 is 0 Å². The van der Waals surface area contributed by atoms with E-state index in [0.29, 0.717) is 0 Å². The highest BCUT2D eigenvalue weighted by Gasteiger charge is 2.14. The van der Waals surface area contributed by atoms with Crippen LogP contribution in [-0.4, -0.2) is 0 Å². The van der Waals surface area contributed by atoms with Crippen LogP contribution in [0, 0.1) is 0 Å².